The van der Waals surface area contributed by atoms with E-state index in [2.05, 4.69) is 53.4 Å². The molecule has 31 heavy (non-hydrogen) atoms. The van der Waals surface area contributed by atoms with Gasteiger partial charge in [0, 0.05) is 35.0 Å². The van der Waals surface area contributed by atoms with Gasteiger partial charge in [0.2, 0.25) is 0 Å². The number of carbonyl (C=O) groups excluding carboxylic acids is 1. The summed E-state index contributed by atoms with van der Waals surface area (Å²) >= 11 is 0. The van der Waals surface area contributed by atoms with Gasteiger partial charge >= 0.3 is 0 Å². The lowest BCUT2D eigenvalue weighted by atomic mass is 9.58. The van der Waals surface area contributed by atoms with Crippen molar-refractivity contribution in [1.29, 1.82) is 0 Å². The average molecular weight is 415 g/mol. The maximum absolute atomic E-state index is 13.6. The fourth-order valence-corrected chi connectivity index (χ4v) is 5.47. The van der Waals surface area contributed by atoms with Crippen molar-refractivity contribution in [1.82, 2.24) is 10.3 Å². The smallest absolute Gasteiger partial charge is 0.164 e. The fraction of sp³-hybridized carbons (Fsp3) is 0.360. The van der Waals surface area contributed by atoms with Crippen LogP contribution >= 0.6 is 0 Å². The molecular weight excluding hydrogens is 388 g/mol. The Morgan fingerprint density at radius 3 is 2.84 bits per heavy atom. The Kier molecular flexibility index (Phi) is 4.36. The van der Waals surface area contributed by atoms with Crippen molar-refractivity contribution in [3.8, 4) is 16.9 Å². The molecule has 1 aliphatic carbocycles. The quantitative estimate of drug-likeness (QED) is 0.738. The highest BCUT2D eigenvalue weighted by Crippen LogP contribution is 2.54. The van der Waals surface area contributed by atoms with Gasteiger partial charge in [-0.1, -0.05) is 39.0 Å². The molecular formula is C25H26N4O2. The Balaban J connectivity index is 1.75. The van der Waals surface area contributed by atoms with Crippen molar-refractivity contribution in [2.45, 2.75) is 51.6 Å². The summed E-state index contributed by atoms with van der Waals surface area (Å²) in [5, 5.41) is 22.5. The number of carbonyl (C=O) groups is 1. The molecule has 1 aromatic heterocycles. The summed E-state index contributed by atoms with van der Waals surface area (Å²) in [7, 11) is 0. The van der Waals surface area contributed by atoms with Gasteiger partial charge in [0.25, 0.3) is 0 Å². The normalized spacial score (nSPS) is 26.2. The molecule has 158 valence electrons. The molecule has 0 saturated heterocycles. The van der Waals surface area contributed by atoms with Gasteiger partial charge in [-0.3, -0.25) is 9.78 Å². The van der Waals surface area contributed by atoms with E-state index in [1.54, 1.807) is 12.3 Å². The third-order valence-corrected chi connectivity index (χ3v) is 6.78. The Morgan fingerprint density at radius 1 is 1.23 bits per heavy atom. The van der Waals surface area contributed by atoms with E-state index in [4.69, 9.17) is 0 Å². The zero-order valence-corrected chi connectivity index (χ0v) is 18.0. The number of fused-ring (bicyclic) bond motifs is 1. The van der Waals surface area contributed by atoms with Crippen LogP contribution in [0.1, 0.15) is 45.6 Å². The number of aromatic hydroxyl groups is 1. The lowest BCUT2D eigenvalue weighted by Gasteiger charge is -2.47. The number of ketones is 1. The van der Waals surface area contributed by atoms with Gasteiger partial charge in [-0.2, -0.15) is 10.2 Å². The van der Waals surface area contributed by atoms with Crippen LogP contribution in [0.3, 0.4) is 0 Å². The summed E-state index contributed by atoms with van der Waals surface area (Å²) in [4.78, 5) is 17.5. The molecule has 6 heteroatoms. The minimum Gasteiger partial charge on any atom is -0.506 e. The molecule has 6 nitrogen and oxygen atoms in total. The van der Waals surface area contributed by atoms with E-state index in [-0.39, 0.29) is 23.1 Å². The molecule has 2 aliphatic heterocycles. The lowest BCUT2D eigenvalue weighted by Crippen LogP contribution is -2.51. The van der Waals surface area contributed by atoms with Crippen LogP contribution in [0.5, 0.6) is 5.75 Å². The Labute approximate surface area is 181 Å². The van der Waals surface area contributed by atoms with Gasteiger partial charge in [-0.25, -0.2) is 0 Å². The second kappa shape index (κ2) is 6.87. The number of nitrogens with zero attached hydrogens (tertiary/aromatic N) is 3. The monoisotopic (exact) mass is 414 g/mol. The van der Waals surface area contributed by atoms with Gasteiger partial charge in [0.1, 0.15) is 5.75 Å². The first kappa shape index (κ1) is 19.7. The molecule has 3 heterocycles. The lowest BCUT2D eigenvalue weighted by molar-refractivity contribution is -0.119. The Hall–Kier alpha value is -3.28. The highest BCUT2D eigenvalue weighted by molar-refractivity contribution is 6.01. The largest absolute Gasteiger partial charge is 0.506 e. The molecule has 0 radical (unpaired) electrons. The third-order valence-electron chi connectivity index (χ3n) is 6.78. The molecule has 2 N–H and O–H groups in total. The zero-order chi connectivity index (χ0) is 21.8. The SMILES string of the molecule is CC[C@]1(c2cccc(-c3ccncc3O)c2)C2=CN=NC2NC2=C1C(=O)CC(C)(C)C2. The van der Waals surface area contributed by atoms with Gasteiger partial charge in [-0.05, 0) is 41.5 Å². The van der Waals surface area contributed by atoms with E-state index in [9.17, 15) is 9.90 Å². The first-order valence-corrected chi connectivity index (χ1v) is 10.7. The van der Waals surface area contributed by atoms with Crippen molar-refractivity contribution in [2.24, 2.45) is 15.6 Å². The van der Waals surface area contributed by atoms with Crippen LogP contribution in [0.25, 0.3) is 11.1 Å². The maximum Gasteiger partial charge on any atom is 0.164 e. The first-order chi connectivity index (χ1) is 14.9. The van der Waals surface area contributed by atoms with E-state index in [1.807, 2.05) is 18.3 Å². The minimum absolute atomic E-state index is 0.0932. The first-order valence-electron chi connectivity index (χ1n) is 10.7. The second-order valence-corrected chi connectivity index (χ2v) is 9.39. The van der Waals surface area contributed by atoms with Crippen molar-refractivity contribution in [3.05, 3.63) is 71.3 Å². The molecule has 1 aromatic carbocycles. The number of hydrogen-bond donors (Lipinski definition) is 2. The summed E-state index contributed by atoms with van der Waals surface area (Å²) in [6.07, 6.45) is 6.73. The number of aromatic nitrogens is 1. The number of rotatable bonds is 3. The molecule has 0 fully saturated rings. The summed E-state index contributed by atoms with van der Waals surface area (Å²) in [5.41, 5.74) is 4.79. The molecule has 3 aliphatic rings. The molecule has 1 unspecified atom stereocenters. The summed E-state index contributed by atoms with van der Waals surface area (Å²) in [6, 6.07) is 9.92. The number of pyridine rings is 1. The molecule has 2 atom stereocenters. The summed E-state index contributed by atoms with van der Waals surface area (Å²) in [6.45, 7) is 6.40. The van der Waals surface area contributed by atoms with E-state index in [0.717, 1.165) is 40.8 Å². The fourth-order valence-electron chi connectivity index (χ4n) is 5.47. The number of hydrogen-bond acceptors (Lipinski definition) is 6. The van der Waals surface area contributed by atoms with Crippen molar-refractivity contribution >= 4 is 5.78 Å². The Bertz CT molecular complexity index is 1180. The van der Waals surface area contributed by atoms with Crippen molar-refractivity contribution in [3.63, 3.8) is 0 Å². The maximum atomic E-state index is 13.6. The van der Waals surface area contributed by atoms with E-state index in [1.165, 1.54) is 6.20 Å². The number of allylic oxidation sites excluding steroid dienone is 2. The van der Waals surface area contributed by atoms with E-state index < -0.39 is 5.41 Å². The second-order valence-electron chi connectivity index (χ2n) is 9.39. The van der Waals surface area contributed by atoms with E-state index in [0.29, 0.717) is 12.0 Å². The van der Waals surface area contributed by atoms with Crippen LogP contribution in [-0.4, -0.2) is 22.0 Å². The minimum atomic E-state index is -0.596. The third kappa shape index (κ3) is 2.92. The Morgan fingerprint density at radius 2 is 2.06 bits per heavy atom. The molecule has 0 saturated carbocycles. The van der Waals surface area contributed by atoms with Gasteiger partial charge in [0.05, 0.1) is 17.8 Å². The number of Topliss-reactive ketones (excluding diaryl/α,β-unsaturated/α-hetero) is 1. The molecule has 0 bridgehead atoms. The standard InChI is InChI=1S/C25H26N4O2/c1-4-25(16-7-5-6-15(10-16)17-8-9-26-14-21(17)31)18-13-27-29-23(18)28-19-11-24(2,3)12-20(30)22(19)25/h5-10,13-14,23,28,31H,4,11-12H2,1-3H3/t23?,25-/m0/s1. The zero-order valence-electron chi connectivity index (χ0n) is 18.0. The van der Waals surface area contributed by atoms with Crippen LogP contribution in [0.4, 0.5) is 0 Å². The number of benzene rings is 1. The van der Waals surface area contributed by atoms with Crippen LogP contribution < -0.4 is 5.32 Å². The number of azo groups is 1. The average Bonchev–Trinajstić information content (AvgIpc) is 3.20. The highest BCUT2D eigenvalue weighted by Gasteiger charge is 2.52. The van der Waals surface area contributed by atoms with Crippen LogP contribution in [0, 0.1) is 5.41 Å². The topological polar surface area (TPSA) is 86.9 Å². The predicted molar refractivity (Wildman–Crippen MR) is 118 cm³/mol. The molecule has 0 amide bonds. The van der Waals surface area contributed by atoms with Gasteiger partial charge in [-0.15, -0.1) is 0 Å². The van der Waals surface area contributed by atoms with Crippen molar-refractivity contribution in [2.75, 3.05) is 0 Å². The van der Waals surface area contributed by atoms with Crippen molar-refractivity contribution < 1.29 is 9.90 Å². The van der Waals surface area contributed by atoms with Crippen LogP contribution in [-0.2, 0) is 10.2 Å². The van der Waals surface area contributed by atoms with E-state index >= 15 is 0 Å². The summed E-state index contributed by atoms with van der Waals surface area (Å²) < 4.78 is 0. The molecule has 0 spiro atoms. The van der Waals surface area contributed by atoms with Gasteiger partial charge in [0.15, 0.2) is 11.9 Å². The van der Waals surface area contributed by atoms with Crippen LogP contribution in [0.2, 0.25) is 0 Å². The summed E-state index contributed by atoms with van der Waals surface area (Å²) in [5.74, 6) is 0.317. The van der Waals surface area contributed by atoms with Crippen LogP contribution in [0.15, 0.2) is 76.0 Å². The molecule has 2 aromatic rings. The molecule has 5 rings (SSSR count). The van der Waals surface area contributed by atoms with Gasteiger partial charge < -0.3 is 10.4 Å². The highest BCUT2D eigenvalue weighted by atomic mass is 16.3. The number of nitrogens with one attached hydrogen (secondary N) is 1. The predicted octanol–water partition coefficient (Wildman–Crippen LogP) is 5.02.